The molecule has 0 unspecified atom stereocenters. The predicted octanol–water partition coefficient (Wildman–Crippen LogP) is 2.47. The molecular weight excluding hydrogens is 328 g/mol. The summed E-state index contributed by atoms with van der Waals surface area (Å²) < 4.78 is 32.4. The molecule has 0 aliphatic carbocycles. The number of para-hydroxylation sites is 1. The number of benzene rings is 2. The standard InChI is InChI=1S/C14H11ClN2O4S/c15-10-3-1-2-4-11(10)17-22(19,20)9-5-6-13-12(7-9)16-14(18)8-21-13/h1-7,17H,8H2,(H,16,18). The van der Waals surface area contributed by atoms with Crippen LogP contribution in [0.5, 0.6) is 5.75 Å². The molecule has 0 aromatic heterocycles. The van der Waals surface area contributed by atoms with Crippen molar-refractivity contribution in [2.24, 2.45) is 0 Å². The molecule has 0 bridgehead atoms. The third-order valence-corrected chi connectivity index (χ3v) is 4.71. The molecule has 3 rings (SSSR count). The van der Waals surface area contributed by atoms with Gasteiger partial charge in [-0.2, -0.15) is 0 Å². The first-order valence-corrected chi connectivity index (χ1v) is 8.16. The second kappa shape index (κ2) is 5.51. The molecule has 1 aliphatic rings. The lowest BCUT2D eigenvalue weighted by atomic mass is 10.2. The minimum absolute atomic E-state index is 0.00281. The average Bonchev–Trinajstić information content (AvgIpc) is 2.48. The second-order valence-electron chi connectivity index (χ2n) is 4.58. The number of nitrogens with one attached hydrogen (secondary N) is 2. The monoisotopic (exact) mass is 338 g/mol. The maximum Gasteiger partial charge on any atom is 0.262 e. The molecule has 2 N–H and O–H groups in total. The molecule has 0 fully saturated rings. The van der Waals surface area contributed by atoms with E-state index in [0.717, 1.165) is 0 Å². The fourth-order valence-corrected chi connectivity index (χ4v) is 3.32. The van der Waals surface area contributed by atoms with Gasteiger partial charge in [-0.15, -0.1) is 0 Å². The lowest BCUT2D eigenvalue weighted by molar-refractivity contribution is -0.118. The number of hydrogen-bond donors (Lipinski definition) is 2. The highest BCUT2D eigenvalue weighted by atomic mass is 35.5. The van der Waals surface area contributed by atoms with Gasteiger partial charge in [-0.3, -0.25) is 9.52 Å². The van der Waals surface area contributed by atoms with Gasteiger partial charge in [-0.25, -0.2) is 8.42 Å². The van der Waals surface area contributed by atoms with Crippen molar-refractivity contribution >= 4 is 38.9 Å². The van der Waals surface area contributed by atoms with Crippen molar-refractivity contribution < 1.29 is 17.9 Å². The number of hydrogen-bond acceptors (Lipinski definition) is 4. The van der Waals surface area contributed by atoms with E-state index in [0.29, 0.717) is 16.5 Å². The van der Waals surface area contributed by atoms with Crippen LogP contribution < -0.4 is 14.8 Å². The zero-order valence-electron chi connectivity index (χ0n) is 11.2. The average molecular weight is 339 g/mol. The van der Waals surface area contributed by atoms with Crippen molar-refractivity contribution in [3.63, 3.8) is 0 Å². The van der Waals surface area contributed by atoms with Crippen molar-refractivity contribution in [3.8, 4) is 5.75 Å². The molecule has 0 saturated heterocycles. The number of halogens is 1. The molecule has 114 valence electrons. The van der Waals surface area contributed by atoms with Gasteiger partial charge in [0.2, 0.25) is 0 Å². The van der Waals surface area contributed by atoms with Gasteiger partial charge in [0, 0.05) is 0 Å². The van der Waals surface area contributed by atoms with Gasteiger partial charge in [0.25, 0.3) is 15.9 Å². The number of rotatable bonds is 3. The van der Waals surface area contributed by atoms with Crippen molar-refractivity contribution in [2.45, 2.75) is 4.90 Å². The lowest BCUT2D eigenvalue weighted by Gasteiger charge is -2.18. The lowest BCUT2D eigenvalue weighted by Crippen LogP contribution is -2.25. The Morgan fingerprint density at radius 2 is 1.95 bits per heavy atom. The number of fused-ring (bicyclic) bond motifs is 1. The van der Waals surface area contributed by atoms with E-state index in [1.807, 2.05) is 0 Å². The van der Waals surface area contributed by atoms with Crippen molar-refractivity contribution in [2.75, 3.05) is 16.6 Å². The van der Waals surface area contributed by atoms with E-state index < -0.39 is 10.0 Å². The molecule has 0 saturated carbocycles. The first kappa shape index (κ1) is 14.7. The Morgan fingerprint density at radius 3 is 2.73 bits per heavy atom. The highest BCUT2D eigenvalue weighted by Crippen LogP contribution is 2.31. The summed E-state index contributed by atoms with van der Waals surface area (Å²) in [6.45, 7) is -0.0863. The first-order valence-electron chi connectivity index (χ1n) is 6.30. The predicted molar refractivity (Wildman–Crippen MR) is 82.8 cm³/mol. The zero-order valence-corrected chi connectivity index (χ0v) is 12.7. The Hall–Kier alpha value is -2.25. The topological polar surface area (TPSA) is 84.5 Å². The Labute approximate surface area is 132 Å². The van der Waals surface area contributed by atoms with Gasteiger partial charge in [-0.1, -0.05) is 23.7 Å². The fourth-order valence-electron chi connectivity index (χ4n) is 1.98. The SMILES string of the molecule is O=C1COc2ccc(S(=O)(=O)Nc3ccccc3Cl)cc2N1. The van der Waals surface area contributed by atoms with E-state index >= 15 is 0 Å². The second-order valence-corrected chi connectivity index (χ2v) is 6.67. The molecule has 8 heteroatoms. The van der Waals surface area contributed by atoms with Gasteiger partial charge < -0.3 is 10.1 Å². The number of sulfonamides is 1. The summed E-state index contributed by atoms with van der Waals surface area (Å²) >= 11 is 5.95. The summed E-state index contributed by atoms with van der Waals surface area (Å²) in [6, 6.07) is 10.7. The van der Waals surface area contributed by atoms with Crippen LogP contribution in [-0.4, -0.2) is 20.9 Å². The van der Waals surface area contributed by atoms with E-state index in [1.54, 1.807) is 24.3 Å². The molecule has 0 radical (unpaired) electrons. The molecule has 2 aromatic rings. The van der Waals surface area contributed by atoms with E-state index in [4.69, 9.17) is 16.3 Å². The molecule has 6 nitrogen and oxygen atoms in total. The van der Waals surface area contributed by atoms with Gasteiger partial charge in [0.1, 0.15) is 5.75 Å². The molecule has 22 heavy (non-hydrogen) atoms. The Kier molecular flexibility index (Phi) is 3.67. The van der Waals surface area contributed by atoms with Gasteiger partial charge in [-0.05, 0) is 30.3 Å². The summed E-state index contributed by atoms with van der Waals surface area (Å²) in [5.41, 5.74) is 0.598. The van der Waals surface area contributed by atoms with Crippen LogP contribution in [0.1, 0.15) is 0 Å². The summed E-state index contributed by atoms with van der Waals surface area (Å²) in [4.78, 5) is 11.3. The first-order chi connectivity index (χ1) is 10.5. The van der Waals surface area contributed by atoms with Crippen LogP contribution in [0, 0.1) is 0 Å². The van der Waals surface area contributed by atoms with Crippen molar-refractivity contribution in [1.82, 2.24) is 0 Å². The van der Waals surface area contributed by atoms with Crippen LogP contribution in [0.2, 0.25) is 5.02 Å². The van der Waals surface area contributed by atoms with Crippen molar-refractivity contribution in [3.05, 3.63) is 47.5 Å². The van der Waals surface area contributed by atoms with Crippen LogP contribution in [0.3, 0.4) is 0 Å². The molecule has 0 atom stereocenters. The van der Waals surface area contributed by atoms with Crippen LogP contribution in [0.15, 0.2) is 47.4 Å². The smallest absolute Gasteiger partial charge is 0.262 e. The van der Waals surface area contributed by atoms with E-state index in [-0.39, 0.29) is 23.1 Å². The fraction of sp³-hybridized carbons (Fsp3) is 0.0714. The minimum Gasteiger partial charge on any atom is -0.482 e. The Balaban J connectivity index is 1.94. The van der Waals surface area contributed by atoms with Gasteiger partial charge in [0.05, 0.1) is 21.3 Å². The normalized spacial score (nSPS) is 13.8. The maximum absolute atomic E-state index is 12.4. The summed E-state index contributed by atoms with van der Waals surface area (Å²) in [7, 11) is -3.83. The highest BCUT2D eigenvalue weighted by Gasteiger charge is 2.21. The third kappa shape index (κ3) is 2.86. The van der Waals surface area contributed by atoms with Crippen LogP contribution in [0.25, 0.3) is 0 Å². The maximum atomic E-state index is 12.4. The van der Waals surface area contributed by atoms with Crippen LogP contribution >= 0.6 is 11.6 Å². The van der Waals surface area contributed by atoms with Gasteiger partial charge >= 0.3 is 0 Å². The molecule has 1 amide bonds. The van der Waals surface area contributed by atoms with E-state index in [1.165, 1.54) is 18.2 Å². The molecular formula is C14H11ClN2O4S. The van der Waals surface area contributed by atoms with Crippen LogP contribution in [0.4, 0.5) is 11.4 Å². The molecule has 2 aromatic carbocycles. The Bertz CT molecular complexity index is 852. The Morgan fingerprint density at radius 1 is 1.18 bits per heavy atom. The molecule has 0 spiro atoms. The minimum atomic E-state index is -3.83. The summed E-state index contributed by atoms with van der Waals surface area (Å²) in [6.07, 6.45) is 0. The third-order valence-electron chi connectivity index (χ3n) is 3.01. The summed E-state index contributed by atoms with van der Waals surface area (Å²) in [5, 5.41) is 2.86. The molecule has 1 heterocycles. The molecule has 1 aliphatic heterocycles. The number of amides is 1. The van der Waals surface area contributed by atoms with Crippen molar-refractivity contribution in [1.29, 1.82) is 0 Å². The highest BCUT2D eigenvalue weighted by molar-refractivity contribution is 7.92. The summed E-state index contributed by atoms with van der Waals surface area (Å²) in [5.74, 6) is 0.0948. The van der Waals surface area contributed by atoms with E-state index in [9.17, 15) is 13.2 Å². The largest absolute Gasteiger partial charge is 0.482 e. The number of ether oxygens (including phenoxy) is 1. The quantitative estimate of drug-likeness (QED) is 0.900. The number of carbonyl (C=O) groups excluding carboxylic acids is 1. The van der Waals surface area contributed by atoms with E-state index in [2.05, 4.69) is 10.0 Å². The zero-order chi connectivity index (χ0) is 15.7. The number of anilines is 2. The van der Waals surface area contributed by atoms with Crippen LogP contribution in [-0.2, 0) is 14.8 Å². The number of carbonyl (C=O) groups is 1. The van der Waals surface area contributed by atoms with Gasteiger partial charge in [0.15, 0.2) is 6.61 Å².